The maximum absolute atomic E-state index is 5.87. The third-order valence-electron chi connectivity index (χ3n) is 3.55. The molecule has 0 aliphatic heterocycles. The summed E-state index contributed by atoms with van der Waals surface area (Å²) in [5.41, 5.74) is 4.37. The van der Waals surface area contributed by atoms with Crippen molar-refractivity contribution >= 4 is 11.1 Å². The van der Waals surface area contributed by atoms with Crippen molar-refractivity contribution in [1.82, 2.24) is 10.3 Å². The highest BCUT2D eigenvalue weighted by molar-refractivity contribution is 5.73. The van der Waals surface area contributed by atoms with Gasteiger partial charge in [0.05, 0.1) is 0 Å². The van der Waals surface area contributed by atoms with Gasteiger partial charge in [-0.1, -0.05) is 43.3 Å². The molecule has 2 aromatic carbocycles. The fourth-order valence-electron chi connectivity index (χ4n) is 2.40. The lowest BCUT2D eigenvalue weighted by atomic mass is 10.1. The van der Waals surface area contributed by atoms with Gasteiger partial charge in [-0.3, -0.25) is 0 Å². The molecule has 0 fully saturated rings. The molecule has 0 unspecified atom stereocenters. The predicted molar refractivity (Wildman–Crippen MR) is 85.2 cm³/mol. The number of hydrogen-bond donors (Lipinski definition) is 1. The van der Waals surface area contributed by atoms with E-state index in [1.165, 1.54) is 11.1 Å². The zero-order valence-electron chi connectivity index (χ0n) is 12.3. The Morgan fingerprint density at radius 2 is 1.86 bits per heavy atom. The van der Waals surface area contributed by atoms with Gasteiger partial charge in [-0.05, 0) is 36.2 Å². The topological polar surface area (TPSA) is 38.1 Å². The van der Waals surface area contributed by atoms with Crippen LogP contribution >= 0.6 is 0 Å². The van der Waals surface area contributed by atoms with Crippen molar-refractivity contribution in [1.29, 1.82) is 0 Å². The van der Waals surface area contributed by atoms with Gasteiger partial charge in [0.1, 0.15) is 5.52 Å². The molecule has 0 atom stereocenters. The SMILES string of the molecule is CCNCc1ccc2nc(CCc3ccccc3)oc2c1. The molecule has 1 N–H and O–H groups in total. The monoisotopic (exact) mass is 280 g/mol. The molecular formula is C18H20N2O. The zero-order chi connectivity index (χ0) is 14.5. The second-order valence-electron chi connectivity index (χ2n) is 5.18. The summed E-state index contributed by atoms with van der Waals surface area (Å²) in [7, 11) is 0. The Morgan fingerprint density at radius 1 is 1.00 bits per heavy atom. The number of aryl methyl sites for hydroxylation is 2. The fourth-order valence-corrected chi connectivity index (χ4v) is 2.40. The van der Waals surface area contributed by atoms with Crippen LogP contribution in [-0.4, -0.2) is 11.5 Å². The molecule has 0 spiro atoms. The minimum absolute atomic E-state index is 0.814. The van der Waals surface area contributed by atoms with Crippen molar-refractivity contribution < 1.29 is 4.42 Å². The minimum atomic E-state index is 0.814. The van der Waals surface area contributed by atoms with Gasteiger partial charge in [0.15, 0.2) is 11.5 Å². The van der Waals surface area contributed by atoms with Crippen LogP contribution in [0.5, 0.6) is 0 Å². The van der Waals surface area contributed by atoms with E-state index in [4.69, 9.17) is 4.42 Å². The largest absolute Gasteiger partial charge is 0.441 e. The first-order chi connectivity index (χ1) is 10.3. The number of benzene rings is 2. The average molecular weight is 280 g/mol. The summed E-state index contributed by atoms with van der Waals surface area (Å²) < 4.78 is 5.87. The van der Waals surface area contributed by atoms with E-state index in [1.807, 2.05) is 12.1 Å². The second-order valence-corrected chi connectivity index (χ2v) is 5.18. The summed E-state index contributed by atoms with van der Waals surface area (Å²) in [5.74, 6) is 0.814. The van der Waals surface area contributed by atoms with Gasteiger partial charge in [-0.25, -0.2) is 4.98 Å². The molecule has 3 aromatic rings. The maximum atomic E-state index is 5.87. The Bertz CT molecular complexity index is 704. The number of nitrogens with one attached hydrogen (secondary N) is 1. The second kappa shape index (κ2) is 6.55. The number of rotatable bonds is 6. The lowest BCUT2D eigenvalue weighted by molar-refractivity contribution is 0.528. The quantitative estimate of drug-likeness (QED) is 0.747. The Balaban J connectivity index is 1.71. The molecule has 0 aliphatic carbocycles. The molecule has 0 radical (unpaired) electrons. The first-order valence-electron chi connectivity index (χ1n) is 7.48. The molecular weight excluding hydrogens is 260 g/mol. The number of hydrogen-bond acceptors (Lipinski definition) is 3. The van der Waals surface area contributed by atoms with E-state index >= 15 is 0 Å². The van der Waals surface area contributed by atoms with E-state index in [9.17, 15) is 0 Å². The Morgan fingerprint density at radius 3 is 2.67 bits per heavy atom. The van der Waals surface area contributed by atoms with Crippen LogP contribution in [0.15, 0.2) is 52.9 Å². The van der Waals surface area contributed by atoms with Crippen molar-refractivity contribution in [2.75, 3.05) is 6.54 Å². The van der Waals surface area contributed by atoms with Gasteiger partial charge in [-0.2, -0.15) is 0 Å². The summed E-state index contributed by atoms with van der Waals surface area (Å²) in [6, 6.07) is 16.7. The van der Waals surface area contributed by atoms with E-state index in [0.29, 0.717) is 0 Å². The molecule has 3 rings (SSSR count). The van der Waals surface area contributed by atoms with E-state index in [-0.39, 0.29) is 0 Å². The summed E-state index contributed by atoms with van der Waals surface area (Å²) in [4.78, 5) is 4.56. The van der Waals surface area contributed by atoms with E-state index in [2.05, 4.69) is 53.6 Å². The molecule has 1 aromatic heterocycles. The van der Waals surface area contributed by atoms with Gasteiger partial charge < -0.3 is 9.73 Å². The van der Waals surface area contributed by atoms with Crippen LogP contribution in [0.25, 0.3) is 11.1 Å². The molecule has 0 saturated heterocycles. The Kier molecular flexibility index (Phi) is 4.31. The molecule has 21 heavy (non-hydrogen) atoms. The minimum Gasteiger partial charge on any atom is -0.441 e. The zero-order valence-corrected chi connectivity index (χ0v) is 12.3. The van der Waals surface area contributed by atoms with Gasteiger partial charge in [0, 0.05) is 13.0 Å². The van der Waals surface area contributed by atoms with E-state index < -0.39 is 0 Å². The summed E-state index contributed by atoms with van der Waals surface area (Å²) >= 11 is 0. The third-order valence-corrected chi connectivity index (χ3v) is 3.55. The van der Waals surface area contributed by atoms with E-state index in [1.54, 1.807) is 0 Å². The highest BCUT2D eigenvalue weighted by atomic mass is 16.3. The molecule has 1 heterocycles. The number of nitrogens with zero attached hydrogens (tertiary/aromatic N) is 1. The van der Waals surface area contributed by atoms with Crippen LogP contribution < -0.4 is 5.32 Å². The van der Waals surface area contributed by atoms with Gasteiger partial charge in [0.25, 0.3) is 0 Å². The van der Waals surface area contributed by atoms with Crippen LogP contribution in [0, 0.1) is 0 Å². The molecule has 0 bridgehead atoms. The highest BCUT2D eigenvalue weighted by Gasteiger charge is 2.06. The third kappa shape index (κ3) is 3.50. The highest BCUT2D eigenvalue weighted by Crippen LogP contribution is 2.18. The Hall–Kier alpha value is -2.13. The fraction of sp³-hybridized carbons (Fsp3) is 0.278. The number of fused-ring (bicyclic) bond motifs is 1. The number of oxazole rings is 1. The normalized spacial score (nSPS) is 11.1. The summed E-state index contributed by atoms with van der Waals surface area (Å²) in [6.07, 6.45) is 1.79. The average Bonchev–Trinajstić information content (AvgIpc) is 2.94. The van der Waals surface area contributed by atoms with E-state index in [0.717, 1.165) is 42.9 Å². The first-order valence-corrected chi connectivity index (χ1v) is 7.48. The Labute approximate surface area is 125 Å². The van der Waals surface area contributed by atoms with Crippen LogP contribution in [0.1, 0.15) is 23.9 Å². The molecule has 0 aliphatic rings. The molecule has 0 saturated carbocycles. The molecule has 3 nitrogen and oxygen atoms in total. The van der Waals surface area contributed by atoms with Crippen LogP contribution in [0.3, 0.4) is 0 Å². The number of aromatic nitrogens is 1. The van der Waals surface area contributed by atoms with Gasteiger partial charge >= 0.3 is 0 Å². The summed E-state index contributed by atoms with van der Waals surface area (Å²) in [6.45, 7) is 3.94. The van der Waals surface area contributed by atoms with Crippen molar-refractivity contribution in [2.45, 2.75) is 26.3 Å². The standard InChI is InChI=1S/C18H20N2O/c1-2-19-13-15-8-10-16-17(12-15)21-18(20-16)11-9-14-6-4-3-5-7-14/h3-8,10,12,19H,2,9,11,13H2,1H3. The lowest BCUT2D eigenvalue weighted by Crippen LogP contribution is -2.11. The smallest absolute Gasteiger partial charge is 0.195 e. The summed E-state index contributed by atoms with van der Waals surface area (Å²) in [5, 5.41) is 3.32. The van der Waals surface area contributed by atoms with Crippen molar-refractivity contribution in [3.05, 3.63) is 65.5 Å². The van der Waals surface area contributed by atoms with Gasteiger partial charge in [-0.15, -0.1) is 0 Å². The van der Waals surface area contributed by atoms with Crippen molar-refractivity contribution in [3.8, 4) is 0 Å². The molecule has 0 amide bonds. The molecule has 3 heteroatoms. The molecule has 108 valence electrons. The van der Waals surface area contributed by atoms with Gasteiger partial charge in [0.2, 0.25) is 0 Å². The predicted octanol–water partition coefficient (Wildman–Crippen LogP) is 3.72. The first kappa shape index (κ1) is 13.8. The lowest BCUT2D eigenvalue weighted by Gasteiger charge is -2.00. The van der Waals surface area contributed by atoms with Crippen molar-refractivity contribution in [2.24, 2.45) is 0 Å². The van der Waals surface area contributed by atoms with Crippen molar-refractivity contribution in [3.63, 3.8) is 0 Å². The van der Waals surface area contributed by atoms with Crippen LogP contribution in [0.4, 0.5) is 0 Å². The van der Waals surface area contributed by atoms with Crippen LogP contribution in [-0.2, 0) is 19.4 Å². The maximum Gasteiger partial charge on any atom is 0.195 e. The van der Waals surface area contributed by atoms with Crippen LogP contribution in [0.2, 0.25) is 0 Å².